The van der Waals surface area contributed by atoms with Crippen molar-refractivity contribution in [2.75, 3.05) is 19.7 Å². The molecule has 4 bridgehead atoms. The maximum atomic E-state index is 13.9. The summed E-state index contributed by atoms with van der Waals surface area (Å²) in [7, 11) is 0. The molecule has 0 N–H and O–H groups in total. The Bertz CT molecular complexity index is 775. The van der Waals surface area contributed by atoms with E-state index < -0.39 is 0 Å². The predicted molar refractivity (Wildman–Crippen MR) is 111 cm³/mol. The minimum absolute atomic E-state index is 0.128. The minimum atomic E-state index is -0.212. The molecule has 0 aromatic heterocycles. The van der Waals surface area contributed by atoms with Crippen LogP contribution in [0.4, 0.5) is 0 Å². The molecule has 156 valence electrons. The van der Waals surface area contributed by atoms with Gasteiger partial charge >= 0.3 is 5.97 Å². The number of esters is 1. The van der Waals surface area contributed by atoms with Crippen molar-refractivity contribution in [1.82, 2.24) is 4.90 Å². The molecule has 1 amide bonds. The number of amides is 1. The van der Waals surface area contributed by atoms with Crippen molar-refractivity contribution in [2.24, 2.45) is 23.2 Å². The molecular formula is C25H33NO3. The number of ether oxygens (including phenoxy) is 1. The van der Waals surface area contributed by atoms with Gasteiger partial charge < -0.3 is 9.64 Å². The van der Waals surface area contributed by atoms with Crippen LogP contribution in [0.3, 0.4) is 0 Å². The fraction of sp³-hybridized carbons (Fsp3) is 0.680. The lowest BCUT2D eigenvalue weighted by Gasteiger charge is -2.62. The van der Waals surface area contributed by atoms with E-state index in [1.165, 1.54) is 24.8 Å². The van der Waals surface area contributed by atoms with Crippen LogP contribution in [0.15, 0.2) is 30.3 Å². The topological polar surface area (TPSA) is 46.6 Å². The summed E-state index contributed by atoms with van der Waals surface area (Å²) in [5.74, 6) is 1.40. The fourth-order valence-electron chi connectivity index (χ4n) is 7.59. The molecule has 6 rings (SSSR count). The van der Waals surface area contributed by atoms with Crippen LogP contribution >= 0.6 is 0 Å². The van der Waals surface area contributed by atoms with Crippen LogP contribution in [-0.2, 0) is 19.7 Å². The molecule has 1 aromatic carbocycles. The first-order chi connectivity index (χ1) is 14.0. The Kier molecular flexibility index (Phi) is 4.71. The molecule has 4 nitrogen and oxygen atoms in total. The molecule has 5 aliphatic rings. The van der Waals surface area contributed by atoms with Gasteiger partial charge in [0.15, 0.2) is 0 Å². The normalized spacial score (nSPS) is 38.1. The second-order valence-corrected chi connectivity index (χ2v) is 10.2. The van der Waals surface area contributed by atoms with Gasteiger partial charge in [-0.1, -0.05) is 30.3 Å². The van der Waals surface area contributed by atoms with Crippen molar-refractivity contribution >= 4 is 11.9 Å². The molecule has 0 spiro atoms. The van der Waals surface area contributed by atoms with Gasteiger partial charge in [-0.2, -0.15) is 0 Å². The van der Waals surface area contributed by atoms with E-state index in [0.717, 1.165) is 38.6 Å². The van der Waals surface area contributed by atoms with E-state index in [1.54, 1.807) is 0 Å². The first-order valence-electron chi connectivity index (χ1n) is 11.6. The molecule has 5 atom stereocenters. The van der Waals surface area contributed by atoms with Gasteiger partial charge in [0.05, 0.1) is 17.9 Å². The summed E-state index contributed by atoms with van der Waals surface area (Å²) >= 11 is 0. The zero-order chi connectivity index (χ0) is 20.1. The Balaban J connectivity index is 1.40. The van der Waals surface area contributed by atoms with E-state index in [9.17, 15) is 9.59 Å². The van der Waals surface area contributed by atoms with E-state index >= 15 is 0 Å². The molecule has 2 unspecified atom stereocenters. The van der Waals surface area contributed by atoms with E-state index in [4.69, 9.17) is 4.74 Å². The highest BCUT2D eigenvalue weighted by molar-refractivity contribution is 5.84. The van der Waals surface area contributed by atoms with Gasteiger partial charge in [0.2, 0.25) is 5.91 Å². The van der Waals surface area contributed by atoms with Crippen LogP contribution in [-0.4, -0.2) is 36.5 Å². The molecule has 4 heteroatoms. The maximum Gasteiger partial charge on any atom is 0.310 e. The molecule has 1 aromatic rings. The highest BCUT2D eigenvalue weighted by atomic mass is 16.5. The van der Waals surface area contributed by atoms with Crippen molar-refractivity contribution in [3.63, 3.8) is 0 Å². The molecule has 4 aliphatic carbocycles. The standard InChI is InChI=1S/C25H33NO3/c1-2-29-22(27)20-7-6-10-26(16-20)23(28)25-14-18-11-19(15-25)13-24(12-18,17-25)21-8-4-3-5-9-21/h3-5,8-9,18-20H,2,6-7,10-17H2,1H3/t18-,19+,20-,24?,25?/m1/s1. The fourth-order valence-corrected chi connectivity index (χ4v) is 7.59. The highest BCUT2D eigenvalue weighted by Gasteiger charge is 2.61. The lowest BCUT2D eigenvalue weighted by molar-refractivity contribution is -0.164. The van der Waals surface area contributed by atoms with Crippen LogP contribution < -0.4 is 0 Å². The first kappa shape index (κ1) is 19.1. The summed E-state index contributed by atoms with van der Waals surface area (Å²) in [6, 6.07) is 11.0. The number of piperidine rings is 1. The minimum Gasteiger partial charge on any atom is -0.466 e. The van der Waals surface area contributed by atoms with Gasteiger partial charge in [0.1, 0.15) is 0 Å². The van der Waals surface area contributed by atoms with E-state index in [-0.39, 0.29) is 22.7 Å². The Morgan fingerprint density at radius 1 is 1.10 bits per heavy atom. The summed E-state index contributed by atoms with van der Waals surface area (Å²) in [6.45, 7) is 3.61. The van der Waals surface area contributed by atoms with Gasteiger partial charge in [0.25, 0.3) is 0 Å². The zero-order valence-electron chi connectivity index (χ0n) is 17.6. The molecular weight excluding hydrogens is 362 g/mol. The van der Waals surface area contributed by atoms with Crippen molar-refractivity contribution < 1.29 is 14.3 Å². The van der Waals surface area contributed by atoms with Gasteiger partial charge in [0, 0.05) is 13.1 Å². The van der Waals surface area contributed by atoms with Crippen molar-refractivity contribution in [2.45, 2.75) is 63.7 Å². The summed E-state index contributed by atoms with van der Waals surface area (Å²) < 4.78 is 5.26. The Morgan fingerprint density at radius 2 is 1.83 bits per heavy atom. The first-order valence-corrected chi connectivity index (χ1v) is 11.6. The number of nitrogens with zero attached hydrogens (tertiary/aromatic N) is 1. The summed E-state index contributed by atoms with van der Waals surface area (Å²) in [5.41, 5.74) is 1.41. The van der Waals surface area contributed by atoms with Gasteiger partial charge in [-0.15, -0.1) is 0 Å². The zero-order valence-corrected chi connectivity index (χ0v) is 17.6. The SMILES string of the molecule is CCOC(=O)[C@@H]1CCCN(C(=O)C23C[C@H]4C[C@@H](C2)CC(c2ccccc2)(C4)C3)C1. The number of hydrogen-bond donors (Lipinski definition) is 0. The average Bonchev–Trinajstić information content (AvgIpc) is 2.73. The number of carbonyl (C=O) groups excluding carboxylic acids is 2. The average molecular weight is 396 g/mol. The lowest BCUT2D eigenvalue weighted by Crippen LogP contribution is -2.60. The molecule has 5 fully saturated rings. The second kappa shape index (κ2) is 7.14. The Hall–Kier alpha value is -1.84. The quantitative estimate of drug-likeness (QED) is 0.713. The summed E-state index contributed by atoms with van der Waals surface area (Å²) in [6.07, 6.45) is 8.64. The van der Waals surface area contributed by atoms with Crippen LogP contribution in [0, 0.1) is 23.2 Å². The molecule has 1 aliphatic heterocycles. The van der Waals surface area contributed by atoms with E-state index in [2.05, 4.69) is 30.3 Å². The largest absolute Gasteiger partial charge is 0.466 e. The van der Waals surface area contributed by atoms with Crippen molar-refractivity contribution in [3.05, 3.63) is 35.9 Å². The van der Waals surface area contributed by atoms with Crippen molar-refractivity contribution in [1.29, 1.82) is 0 Å². The van der Waals surface area contributed by atoms with E-state index in [1.807, 2.05) is 11.8 Å². The van der Waals surface area contributed by atoms with Crippen LogP contribution in [0.2, 0.25) is 0 Å². The number of hydrogen-bond acceptors (Lipinski definition) is 3. The van der Waals surface area contributed by atoms with Gasteiger partial charge in [-0.25, -0.2) is 0 Å². The van der Waals surface area contributed by atoms with Gasteiger partial charge in [-0.3, -0.25) is 9.59 Å². The third kappa shape index (κ3) is 3.19. The second-order valence-electron chi connectivity index (χ2n) is 10.2. The van der Waals surface area contributed by atoms with E-state index in [0.29, 0.717) is 30.9 Å². The number of carbonyl (C=O) groups is 2. The Labute approximate surface area is 174 Å². The number of likely N-dealkylation sites (tertiary alicyclic amines) is 1. The van der Waals surface area contributed by atoms with Crippen molar-refractivity contribution in [3.8, 4) is 0 Å². The summed E-state index contributed by atoms with van der Waals surface area (Å²) in [5, 5.41) is 0. The molecule has 1 heterocycles. The third-order valence-electron chi connectivity index (χ3n) is 8.23. The van der Waals surface area contributed by atoms with Crippen LogP contribution in [0.25, 0.3) is 0 Å². The number of benzene rings is 1. The smallest absolute Gasteiger partial charge is 0.310 e. The maximum absolute atomic E-state index is 13.9. The third-order valence-corrected chi connectivity index (χ3v) is 8.23. The van der Waals surface area contributed by atoms with Crippen LogP contribution in [0.1, 0.15) is 63.9 Å². The molecule has 0 radical (unpaired) electrons. The number of rotatable bonds is 4. The van der Waals surface area contributed by atoms with Crippen LogP contribution in [0.5, 0.6) is 0 Å². The molecule has 1 saturated heterocycles. The molecule has 4 saturated carbocycles. The monoisotopic (exact) mass is 395 g/mol. The highest BCUT2D eigenvalue weighted by Crippen LogP contribution is 2.66. The lowest BCUT2D eigenvalue weighted by atomic mass is 9.42. The summed E-state index contributed by atoms with van der Waals surface area (Å²) in [4.78, 5) is 28.2. The Morgan fingerprint density at radius 3 is 2.52 bits per heavy atom. The molecule has 29 heavy (non-hydrogen) atoms. The van der Waals surface area contributed by atoms with Gasteiger partial charge in [-0.05, 0) is 81.1 Å². The predicted octanol–water partition coefficient (Wildman–Crippen LogP) is 4.33.